The van der Waals surface area contributed by atoms with Crippen LogP contribution in [0.1, 0.15) is 6.92 Å². The van der Waals surface area contributed by atoms with Crippen molar-refractivity contribution in [1.29, 1.82) is 0 Å². The van der Waals surface area contributed by atoms with E-state index in [0.29, 0.717) is 11.5 Å². The van der Waals surface area contributed by atoms with Gasteiger partial charge in [-0.3, -0.25) is 10.1 Å². The van der Waals surface area contributed by atoms with E-state index >= 15 is 0 Å². The quantitative estimate of drug-likeness (QED) is 0.461. The van der Waals surface area contributed by atoms with E-state index in [-0.39, 0.29) is 11.4 Å². The zero-order valence-corrected chi connectivity index (χ0v) is 12.6. The number of carbonyl (C=O) groups excluding carboxylic acids is 1. The van der Waals surface area contributed by atoms with Crippen LogP contribution >= 0.6 is 0 Å². The molecule has 120 valence electrons. The fourth-order valence-electron chi connectivity index (χ4n) is 1.83. The molecule has 2 aromatic carbocycles. The molecule has 0 heterocycles. The van der Waals surface area contributed by atoms with Crippen LogP contribution < -0.4 is 9.47 Å². The minimum Gasteiger partial charge on any atom is -0.472 e. The predicted octanol–water partition coefficient (Wildman–Crippen LogP) is 3.33. The second-order valence-corrected chi connectivity index (χ2v) is 4.58. The van der Waals surface area contributed by atoms with E-state index in [2.05, 4.69) is 4.74 Å². The van der Waals surface area contributed by atoms with Gasteiger partial charge in [0.05, 0.1) is 12.0 Å². The number of nitro groups is 1. The first kappa shape index (κ1) is 16.3. The highest BCUT2D eigenvalue weighted by atomic mass is 16.6. The van der Waals surface area contributed by atoms with Crippen molar-refractivity contribution in [3.63, 3.8) is 0 Å². The fourth-order valence-corrected chi connectivity index (χ4v) is 1.83. The lowest BCUT2D eigenvalue weighted by Gasteiger charge is -2.13. The first-order chi connectivity index (χ1) is 11.0. The van der Waals surface area contributed by atoms with Gasteiger partial charge in [0.2, 0.25) is 5.75 Å². The number of ether oxygens (including phenoxy) is 3. The summed E-state index contributed by atoms with van der Waals surface area (Å²) >= 11 is 0. The molecule has 23 heavy (non-hydrogen) atoms. The van der Waals surface area contributed by atoms with Gasteiger partial charge in [-0.25, -0.2) is 4.79 Å². The molecular weight excluding hydrogens is 302 g/mol. The summed E-state index contributed by atoms with van der Waals surface area (Å²) in [6.45, 7) is 1.44. The van der Waals surface area contributed by atoms with Crippen molar-refractivity contribution in [2.75, 3.05) is 7.11 Å². The number of rotatable bonds is 6. The van der Waals surface area contributed by atoms with E-state index in [1.165, 1.54) is 32.2 Å². The average molecular weight is 317 g/mol. The van der Waals surface area contributed by atoms with E-state index in [0.717, 1.165) is 0 Å². The molecule has 1 unspecified atom stereocenters. The maximum absolute atomic E-state index is 11.4. The molecule has 0 aliphatic rings. The third-order valence-electron chi connectivity index (χ3n) is 2.94. The van der Waals surface area contributed by atoms with Gasteiger partial charge in [0.25, 0.3) is 0 Å². The Morgan fingerprint density at radius 3 is 2.43 bits per heavy atom. The molecule has 0 saturated carbocycles. The predicted molar refractivity (Wildman–Crippen MR) is 81.7 cm³/mol. The zero-order valence-electron chi connectivity index (χ0n) is 12.6. The number of hydrogen-bond acceptors (Lipinski definition) is 6. The smallest absolute Gasteiger partial charge is 0.346 e. The van der Waals surface area contributed by atoms with Gasteiger partial charge in [0.15, 0.2) is 6.10 Å². The van der Waals surface area contributed by atoms with Crippen LogP contribution in [-0.4, -0.2) is 24.1 Å². The Hall–Kier alpha value is -3.09. The van der Waals surface area contributed by atoms with Gasteiger partial charge in [-0.2, -0.15) is 0 Å². The molecule has 2 rings (SSSR count). The summed E-state index contributed by atoms with van der Waals surface area (Å²) in [6.07, 6.45) is -0.981. The molecule has 0 amide bonds. The zero-order chi connectivity index (χ0) is 16.8. The molecule has 0 spiro atoms. The maximum atomic E-state index is 11.4. The molecule has 0 radical (unpaired) electrons. The maximum Gasteiger partial charge on any atom is 0.346 e. The van der Waals surface area contributed by atoms with Crippen LogP contribution in [0.5, 0.6) is 17.2 Å². The minimum atomic E-state index is -0.981. The molecular formula is C16H15NO6. The second-order valence-electron chi connectivity index (χ2n) is 4.58. The number of nitro benzene ring substituents is 1. The highest BCUT2D eigenvalue weighted by Gasteiger charge is 2.22. The fraction of sp³-hybridized carbons (Fsp3) is 0.188. The standard InChI is InChI=1S/C16H15NO6/c1-11(16(18)21-2)22-15-10-13(8-9-14(15)17(19)20)23-12-6-4-3-5-7-12/h3-11H,1-2H3. The molecule has 2 aromatic rings. The number of esters is 1. The number of hydrogen-bond donors (Lipinski definition) is 0. The Kier molecular flexibility index (Phi) is 5.14. The molecule has 0 aliphatic heterocycles. The van der Waals surface area contributed by atoms with Gasteiger partial charge in [0.1, 0.15) is 11.5 Å². The molecule has 7 nitrogen and oxygen atoms in total. The molecule has 1 atom stereocenters. The van der Waals surface area contributed by atoms with E-state index in [1.807, 2.05) is 6.07 Å². The SMILES string of the molecule is COC(=O)C(C)Oc1cc(Oc2ccccc2)ccc1[N+](=O)[O-]. The van der Waals surface area contributed by atoms with Crippen molar-refractivity contribution < 1.29 is 23.9 Å². The van der Waals surface area contributed by atoms with Crippen LogP contribution in [0.4, 0.5) is 5.69 Å². The van der Waals surface area contributed by atoms with Crippen LogP contribution in [0.2, 0.25) is 0 Å². The lowest BCUT2D eigenvalue weighted by Crippen LogP contribution is -2.25. The average Bonchev–Trinajstić information content (AvgIpc) is 2.55. The molecule has 0 saturated heterocycles. The van der Waals surface area contributed by atoms with Crippen molar-refractivity contribution in [3.8, 4) is 17.2 Å². The van der Waals surface area contributed by atoms with Gasteiger partial charge < -0.3 is 14.2 Å². The Balaban J connectivity index is 2.28. The van der Waals surface area contributed by atoms with Gasteiger partial charge in [0, 0.05) is 12.1 Å². The largest absolute Gasteiger partial charge is 0.472 e. The Morgan fingerprint density at radius 2 is 1.83 bits per heavy atom. The Labute approximate surface area is 132 Å². The van der Waals surface area contributed by atoms with Crippen LogP contribution in [0.3, 0.4) is 0 Å². The van der Waals surface area contributed by atoms with Crippen LogP contribution in [0, 0.1) is 10.1 Å². The summed E-state index contributed by atoms with van der Waals surface area (Å²) in [4.78, 5) is 21.9. The summed E-state index contributed by atoms with van der Waals surface area (Å²) in [5, 5.41) is 11.1. The second kappa shape index (κ2) is 7.26. The van der Waals surface area contributed by atoms with E-state index in [1.54, 1.807) is 24.3 Å². The Morgan fingerprint density at radius 1 is 1.13 bits per heavy atom. The molecule has 0 bridgehead atoms. The summed E-state index contributed by atoms with van der Waals surface area (Å²) in [6, 6.07) is 13.0. The van der Waals surface area contributed by atoms with Crippen LogP contribution in [-0.2, 0) is 9.53 Å². The van der Waals surface area contributed by atoms with E-state index < -0.39 is 17.0 Å². The summed E-state index contributed by atoms with van der Waals surface area (Å²) in [7, 11) is 1.21. The van der Waals surface area contributed by atoms with Crippen molar-refractivity contribution >= 4 is 11.7 Å². The lowest BCUT2D eigenvalue weighted by molar-refractivity contribution is -0.386. The molecule has 0 fully saturated rings. The van der Waals surface area contributed by atoms with Crippen molar-refractivity contribution in [1.82, 2.24) is 0 Å². The van der Waals surface area contributed by atoms with Gasteiger partial charge >= 0.3 is 11.7 Å². The van der Waals surface area contributed by atoms with Crippen LogP contribution in [0.25, 0.3) is 0 Å². The molecule has 0 aromatic heterocycles. The number of nitrogens with zero attached hydrogens (tertiary/aromatic N) is 1. The van der Waals surface area contributed by atoms with Crippen molar-refractivity contribution in [2.45, 2.75) is 13.0 Å². The highest BCUT2D eigenvalue weighted by molar-refractivity contribution is 5.74. The van der Waals surface area contributed by atoms with E-state index in [4.69, 9.17) is 9.47 Å². The molecule has 0 N–H and O–H groups in total. The first-order valence-electron chi connectivity index (χ1n) is 6.77. The van der Waals surface area contributed by atoms with Crippen molar-refractivity contribution in [2.24, 2.45) is 0 Å². The Bertz CT molecular complexity index is 701. The number of carbonyl (C=O) groups is 1. The normalized spacial score (nSPS) is 11.4. The summed E-state index contributed by atoms with van der Waals surface area (Å²) in [5.74, 6) is 0.234. The summed E-state index contributed by atoms with van der Waals surface area (Å²) < 4.78 is 15.5. The van der Waals surface area contributed by atoms with Gasteiger partial charge in [-0.05, 0) is 25.1 Å². The van der Waals surface area contributed by atoms with Gasteiger partial charge in [-0.15, -0.1) is 0 Å². The number of para-hydroxylation sites is 1. The first-order valence-corrected chi connectivity index (χ1v) is 6.77. The van der Waals surface area contributed by atoms with Gasteiger partial charge in [-0.1, -0.05) is 18.2 Å². The highest BCUT2D eigenvalue weighted by Crippen LogP contribution is 2.33. The number of methoxy groups -OCH3 is 1. The van der Waals surface area contributed by atoms with E-state index in [9.17, 15) is 14.9 Å². The van der Waals surface area contributed by atoms with Crippen LogP contribution in [0.15, 0.2) is 48.5 Å². The third-order valence-corrected chi connectivity index (χ3v) is 2.94. The molecule has 0 aliphatic carbocycles. The monoisotopic (exact) mass is 317 g/mol. The third kappa shape index (κ3) is 4.19. The summed E-state index contributed by atoms with van der Waals surface area (Å²) in [5.41, 5.74) is -0.263. The topological polar surface area (TPSA) is 87.9 Å². The van der Waals surface area contributed by atoms with Crippen molar-refractivity contribution in [3.05, 3.63) is 58.6 Å². The number of benzene rings is 2. The minimum absolute atomic E-state index is 0.0682. The molecule has 7 heteroatoms. The lowest BCUT2D eigenvalue weighted by atomic mass is 10.2.